The zero-order chi connectivity index (χ0) is 13.5. The van der Waals surface area contributed by atoms with Crippen LogP contribution in [0.3, 0.4) is 0 Å². The summed E-state index contributed by atoms with van der Waals surface area (Å²) in [5.74, 6) is -1.33. The van der Waals surface area contributed by atoms with Crippen LogP contribution in [0.2, 0.25) is 0 Å². The van der Waals surface area contributed by atoms with Crippen molar-refractivity contribution < 1.29 is 23.1 Å². The van der Waals surface area contributed by atoms with Crippen molar-refractivity contribution in [2.45, 2.75) is 13.3 Å². The molecule has 0 aliphatic heterocycles. The Morgan fingerprint density at radius 2 is 2.00 bits per heavy atom. The fourth-order valence-electron chi connectivity index (χ4n) is 1.07. The van der Waals surface area contributed by atoms with Crippen LogP contribution in [0.1, 0.15) is 13.3 Å². The van der Waals surface area contributed by atoms with E-state index in [1.165, 1.54) is 0 Å². The first-order chi connectivity index (χ1) is 7.76. The first-order valence-corrected chi connectivity index (χ1v) is 6.73. The lowest BCUT2D eigenvalue weighted by Gasteiger charge is -2.18. The monoisotopic (exact) mass is 267 g/mol. The lowest BCUT2D eigenvalue weighted by atomic mass is 10.4. The number of carbonyl (C=O) groups excluding carboxylic acids is 1. The Morgan fingerprint density at radius 3 is 2.41 bits per heavy atom. The van der Waals surface area contributed by atoms with Crippen molar-refractivity contribution in [2.75, 3.05) is 25.4 Å². The summed E-state index contributed by atoms with van der Waals surface area (Å²) in [5.41, 5.74) is 0. The van der Waals surface area contributed by atoms with Crippen molar-refractivity contribution in [3.05, 3.63) is 0 Å². The number of nitrogens with two attached hydrogens (primary N) is 1. The molecule has 0 aromatic heterocycles. The number of aliphatic carboxylic acids is 1. The highest BCUT2D eigenvalue weighted by atomic mass is 32.2. The van der Waals surface area contributed by atoms with Crippen molar-refractivity contribution >= 4 is 22.0 Å². The smallest absolute Gasteiger partial charge is 0.323 e. The fourth-order valence-corrected chi connectivity index (χ4v) is 1.62. The van der Waals surface area contributed by atoms with Crippen molar-refractivity contribution in [1.82, 2.24) is 10.2 Å². The van der Waals surface area contributed by atoms with E-state index in [2.05, 4.69) is 5.32 Å². The number of hydrogen-bond donors (Lipinski definition) is 3. The van der Waals surface area contributed by atoms with Crippen LogP contribution in [-0.2, 0) is 14.8 Å². The highest BCUT2D eigenvalue weighted by Crippen LogP contribution is 1.90. The van der Waals surface area contributed by atoms with Gasteiger partial charge in [-0.05, 0) is 13.3 Å². The second-order valence-electron chi connectivity index (χ2n) is 3.36. The van der Waals surface area contributed by atoms with E-state index in [4.69, 9.17) is 10.2 Å². The summed E-state index contributed by atoms with van der Waals surface area (Å²) in [7, 11) is -3.53. The Hall–Kier alpha value is -1.35. The zero-order valence-corrected chi connectivity index (χ0v) is 10.4. The van der Waals surface area contributed by atoms with Gasteiger partial charge >= 0.3 is 12.0 Å². The van der Waals surface area contributed by atoms with Gasteiger partial charge in [-0.2, -0.15) is 0 Å². The Kier molecular flexibility index (Phi) is 6.51. The van der Waals surface area contributed by atoms with Crippen LogP contribution < -0.4 is 10.5 Å². The van der Waals surface area contributed by atoms with Crippen LogP contribution in [0.4, 0.5) is 4.79 Å². The van der Waals surface area contributed by atoms with Crippen molar-refractivity contribution in [2.24, 2.45) is 5.14 Å². The molecule has 100 valence electrons. The lowest BCUT2D eigenvalue weighted by Crippen LogP contribution is -2.43. The van der Waals surface area contributed by atoms with Crippen LogP contribution in [0, 0.1) is 0 Å². The number of carbonyl (C=O) groups is 2. The largest absolute Gasteiger partial charge is 0.480 e. The van der Waals surface area contributed by atoms with Gasteiger partial charge in [-0.3, -0.25) is 4.79 Å². The predicted octanol–water partition coefficient (Wildman–Crippen LogP) is -1.22. The summed E-state index contributed by atoms with van der Waals surface area (Å²) in [6, 6.07) is -0.538. The number of primary sulfonamides is 1. The van der Waals surface area contributed by atoms with Gasteiger partial charge in [0.2, 0.25) is 10.0 Å². The van der Waals surface area contributed by atoms with E-state index >= 15 is 0 Å². The number of nitrogens with one attached hydrogen (secondary N) is 1. The number of rotatable bonds is 7. The topological polar surface area (TPSA) is 130 Å². The summed E-state index contributed by atoms with van der Waals surface area (Å²) >= 11 is 0. The number of likely N-dealkylation sites (N-methyl/N-ethyl adjacent to an activating group) is 1. The number of nitrogens with zero attached hydrogens (tertiary/aromatic N) is 1. The van der Waals surface area contributed by atoms with Crippen molar-refractivity contribution in [3.8, 4) is 0 Å². The minimum atomic E-state index is -3.53. The Balaban J connectivity index is 3.95. The van der Waals surface area contributed by atoms with Gasteiger partial charge < -0.3 is 15.3 Å². The Morgan fingerprint density at radius 1 is 1.41 bits per heavy atom. The van der Waals surface area contributed by atoms with Gasteiger partial charge in [0.25, 0.3) is 0 Å². The molecule has 0 saturated carbocycles. The average molecular weight is 267 g/mol. The van der Waals surface area contributed by atoms with Gasteiger partial charge in [0.1, 0.15) is 6.54 Å². The highest BCUT2D eigenvalue weighted by Gasteiger charge is 2.14. The molecule has 0 radical (unpaired) electrons. The standard InChI is InChI=1S/C8H17N3O5S/c1-2-11(6-7(12)13)8(14)10-4-3-5-17(9,15)16/h2-6H2,1H3,(H,10,14)(H,12,13)(H2,9,15,16). The molecule has 0 fully saturated rings. The van der Waals surface area contributed by atoms with Gasteiger partial charge in [-0.1, -0.05) is 0 Å². The first-order valence-electron chi connectivity index (χ1n) is 5.01. The predicted molar refractivity (Wildman–Crippen MR) is 60.9 cm³/mol. The maximum atomic E-state index is 11.4. The number of urea groups is 1. The van der Waals surface area contributed by atoms with Gasteiger partial charge in [0.05, 0.1) is 5.75 Å². The van der Waals surface area contributed by atoms with E-state index < -0.39 is 28.6 Å². The molecule has 0 atom stereocenters. The summed E-state index contributed by atoms with van der Waals surface area (Å²) in [5, 5.41) is 15.7. The molecular weight excluding hydrogens is 250 g/mol. The Labute approximate surface area is 99.8 Å². The van der Waals surface area contributed by atoms with Crippen molar-refractivity contribution in [1.29, 1.82) is 0 Å². The van der Waals surface area contributed by atoms with E-state index in [0.717, 1.165) is 4.90 Å². The molecule has 0 saturated heterocycles. The molecule has 17 heavy (non-hydrogen) atoms. The molecule has 0 rings (SSSR count). The van der Waals surface area contributed by atoms with E-state index in [0.29, 0.717) is 0 Å². The van der Waals surface area contributed by atoms with Gasteiger partial charge in [0, 0.05) is 13.1 Å². The molecule has 0 bridgehead atoms. The number of sulfonamides is 1. The molecule has 0 aliphatic carbocycles. The highest BCUT2D eigenvalue weighted by molar-refractivity contribution is 7.89. The van der Waals surface area contributed by atoms with E-state index in [1.54, 1.807) is 6.92 Å². The maximum Gasteiger partial charge on any atom is 0.323 e. The number of carboxylic acid groups (broad SMARTS) is 1. The lowest BCUT2D eigenvalue weighted by molar-refractivity contribution is -0.137. The SMILES string of the molecule is CCN(CC(=O)O)C(=O)NCCCS(N)(=O)=O. The quantitative estimate of drug-likeness (QED) is 0.498. The van der Waals surface area contributed by atoms with E-state index in [9.17, 15) is 18.0 Å². The molecule has 4 N–H and O–H groups in total. The molecule has 0 aliphatic rings. The summed E-state index contributed by atoms with van der Waals surface area (Å²) in [4.78, 5) is 22.9. The molecule has 8 nitrogen and oxygen atoms in total. The summed E-state index contributed by atoms with van der Waals surface area (Å²) < 4.78 is 21.2. The third-order valence-corrected chi connectivity index (χ3v) is 2.73. The summed E-state index contributed by atoms with van der Waals surface area (Å²) in [6.45, 7) is 1.64. The van der Waals surface area contributed by atoms with Crippen LogP contribution in [-0.4, -0.2) is 55.8 Å². The molecule has 0 aromatic rings. The number of amides is 2. The fraction of sp³-hybridized carbons (Fsp3) is 0.750. The summed E-state index contributed by atoms with van der Waals surface area (Å²) in [6.07, 6.45) is 0.190. The van der Waals surface area contributed by atoms with Gasteiger partial charge in [-0.15, -0.1) is 0 Å². The zero-order valence-electron chi connectivity index (χ0n) is 9.55. The second kappa shape index (κ2) is 7.07. The van der Waals surface area contributed by atoms with Crippen LogP contribution in [0.5, 0.6) is 0 Å². The maximum absolute atomic E-state index is 11.4. The molecule has 0 heterocycles. The minimum absolute atomic E-state index is 0.130. The molecule has 0 aromatic carbocycles. The second-order valence-corrected chi connectivity index (χ2v) is 5.09. The van der Waals surface area contributed by atoms with Gasteiger partial charge in [-0.25, -0.2) is 18.4 Å². The van der Waals surface area contributed by atoms with Crippen LogP contribution in [0.25, 0.3) is 0 Å². The molecule has 2 amide bonds. The molecule has 9 heteroatoms. The molecule has 0 spiro atoms. The number of carboxylic acids is 1. The molecular formula is C8H17N3O5S. The first kappa shape index (κ1) is 15.7. The van der Waals surface area contributed by atoms with Gasteiger partial charge in [0.15, 0.2) is 0 Å². The van der Waals surface area contributed by atoms with Crippen LogP contribution in [0.15, 0.2) is 0 Å². The molecule has 0 unspecified atom stereocenters. The third kappa shape index (κ3) is 8.46. The third-order valence-electron chi connectivity index (χ3n) is 1.88. The normalized spacial score (nSPS) is 10.9. The van der Waals surface area contributed by atoms with E-state index in [1.807, 2.05) is 0 Å². The van der Waals surface area contributed by atoms with E-state index in [-0.39, 0.29) is 25.3 Å². The minimum Gasteiger partial charge on any atom is -0.480 e. The van der Waals surface area contributed by atoms with Crippen molar-refractivity contribution in [3.63, 3.8) is 0 Å². The average Bonchev–Trinajstić information content (AvgIpc) is 2.19. The van der Waals surface area contributed by atoms with Crippen LogP contribution >= 0.6 is 0 Å². The Bertz CT molecular complexity index is 367. The number of hydrogen-bond acceptors (Lipinski definition) is 4.